The van der Waals surface area contributed by atoms with Gasteiger partial charge in [-0.1, -0.05) is 117 Å². The number of amides is 3. The summed E-state index contributed by atoms with van der Waals surface area (Å²) < 4.78 is 17.5. The Hall–Kier alpha value is -1.87. The molecule has 3 N–H and O–H groups in total. The van der Waals surface area contributed by atoms with E-state index in [1.807, 2.05) is 13.8 Å². The van der Waals surface area contributed by atoms with Gasteiger partial charge in [0.2, 0.25) is 5.91 Å². The summed E-state index contributed by atoms with van der Waals surface area (Å²) in [6.45, 7) is 14.4. The first kappa shape index (κ1) is 41.3. The number of hydrogen-bond acceptors (Lipinski definition) is 6. The topological polar surface area (TPSA) is 115 Å². The zero-order valence-corrected chi connectivity index (χ0v) is 31.2. The molecule has 3 atom stereocenters. The Kier molecular flexibility index (Phi) is 18.7. The van der Waals surface area contributed by atoms with Crippen LogP contribution in [0.5, 0.6) is 0 Å². The Morgan fingerprint density at radius 2 is 1.38 bits per heavy atom. The largest absolute Gasteiger partial charge is 0.460 e. The van der Waals surface area contributed by atoms with E-state index in [0.29, 0.717) is 13.0 Å². The van der Waals surface area contributed by atoms with E-state index in [-0.39, 0.29) is 48.6 Å². The van der Waals surface area contributed by atoms with E-state index in [1.54, 1.807) is 13.8 Å². The molecule has 3 unspecified atom stereocenters. The fourth-order valence-electron chi connectivity index (χ4n) is 6.67. The summed E-state index contributed by atoms with van der Waals surface area (Å²) in [5.41, 5.74) is -0.796. The number of carbonyl (C=O) groups excluding carboxylic acids is 3. The van der Waals surface area contributed by atoms with E-state index < -0.39 is 17.3 Å². The number of urea groups is 1. The van der Waals surface area contributed by atoms with Gasteiger partial charge in [0.15, 0.2) is 5.79 Å². The van der Waals surface area contributed by atoms with Gasteiger partial charge in [-0.2, -0.15) is 0 Å². The van der Waals surface area contributed by atoms with Gasteiger partial charge in [-0.25, -0.2) is 4.79 Å². The third kappa shape index (κ3) is 17.4. The molecular weight excluding hydrogens is 594 g/mol. The third-order valence-electron chi connectivity index (χ3n) is 9.68. The molecule has 0 aromatic rings. The first-order valence-electron chi connectivity index (χ1n) is 19.1. The van der Waals surface area contributed by atoms with Crippen LogP contribution in [0.3, 0.4) is 0 Å². The molecule has 0 radical (unpaired) electrons. The second kappa shape index (κ2) is 21.3. The summed E-state index contributed by atoms with van der Waals surface area (Å²) in [5, 5.41) is 9.14. The number of hydrogen-bond donors (Lipinski definition) is 3. The minimum Gasteiger partial charge on any atom is -0.460 e. The van der Waals surface area contributed by atoms with E-state index in [2.05, 4.69) is 36.7 Å². The highest BCUT2D eigenvalue weighted by Gasteiger charge is 2.45. The van der Waals surface area contributed by atoms with Gasteiger partial charge in [0.25, 0.3) is 0 Å². The second-order valence-corrected chi connectivity index (χ2v) is 16.0. The van der Waals surface area contributed by atoms with Crippen LogP contribution in [0.25, 0.3) is 0 Å². The average molecular weight is 666 g/mol. The van der Waals surface area contributed by atoms with Gasteiger partial charge in [0, 0.05) is 17.5 Å². The smallest absolute Gasteiger partial charge is 0.315 e. The Labute approximate surface area is 287 Å². The molecule has 9 heteroatoms. The van der Waals surface area contributed by atoms with Gasteiger partial charge in [-0.05, 0) is 53.4 Å². The number of ether oxygens (including phenoxy) is 3. The Morgan fingerprint density at radius 3 is 2.00 bits per heavy atom. The standard InChI is InChI=1S/C38H71N3O6/c1-8-9-10-11-12-13-14-15-16-17-18-19-23-27-37(4,5)41-35(44)40-30-24-21-20-22-25-31(30)46-32(42)26-28-39-34(43)33-36(2,3)29-45-38(6,7)47-33/h30-31,33H,8-29H2,1-7H3,(H,39,43)(H2,40,41,44). The number of rotatable bonds is 21. The molecule has 1 saturated carbocycles. The van der Waals surface area contributed by atoms with Crippen molar-refractivity contribution in [3.8, 4) is 0 Å². The minimum atomic E-state index is -0.842. The first-order chi connectivity index (χ1) is 22.2. The van der Waals surface area contributed by atoms with Crippen LogP contribution in [0.1, 0.15) is 177 Å². The van der Waals surface area contributed by atoms with Crippen LogP contribution in [-0.2, 0) is 23.8 Å². The maximum atomic E-state index is 13.1. The predicted molar refractivity (Wildman–Crippen MR) is 189 cm³/mol. The molecule has 2 rings (SSSR count). The summed E-state index contributed by atoms with van der Waals surface area (Å²) >= 11 is 0. The monoisotopic (exact) mass is 666 g/mol. The highest BCUT2D eigenvalue weighted by Crippen LogP contribution is 2.35. The molecule has 1 saturated heterocycles. The lowest BCUT2D eigenvalue weighted by Gasteiger charge is -2.44. The Balaban J connectivity index is 1.66. The summed E-state index contributed by atoms with van der Waals surface area (Å²) in [6.07, 6.45) is 21.6. The molecule has 2 fully saturated rings. The van der Waals surface area contributed by atoms with Crippen LogP contribution >= 0.6 is 0 Å². The third-order valence-corrected chi connectivity index (χ3v) is 9.68. The van der Waals surface area contributed by atoms with Gasteiger partial charge in [-0.3, -0.25) is 9.59 Å². The summed E-state index contributed by atoms with van der Waals surface area (Å²) in [7, 11) is 0. The lowest BCUT2D eigenvalue weighted by Crippen LogP contribution is -2.56. The van der Waals surface area contributed by atoms with Gasteiger partial charge in [0.1, 0.15) is 12.2 Å². The molecule has 1 aliphatic heterocycles. The molecule has 9 nitrogen and oxygen atoms in total. The lowest BCUT2D eigenvalue weighted by atomic mass is 9.85. The first-order valence-corrected chi connectivity index (χ1v) is 19.1. The Bertz CT molecular complexity index is 921. The molecule has 3 amide bonds. The molecule has 1 heterocycles. The zero-order valence-electron chi connectivity index (χ0n) is 31.2. The number of nitrogens with one attached hydrogen (secondary N) is 3. The SMILES string of the molecule is CCCCCCCCCCCCCCCC(C)(C)NC(=O)NC1CCCCCC1OC(=O)CCNC(=O)C1OC(C)(C)OCC1(C)C. The van der Waals surface area contributed by atoms with Crippen molar-refractivity contribution in [2.75, 3.05) is 13.2 Å². The zero-order chi connectivity index (χ0) is 34.8. The van der Waals surface area contributed by atoms with E-state index in [9.17, 15) is 14.4 Å². The molecule has 47 heavy (non-hydrogen) atoms. The van der Waals surface area contributed by atoms with Crippen molar-refractivity contribution in [3.05, 3.63) is 0 Å². The minimum absolute atomic E-state index is 0.0559. The average Bonchev–Trinajstić information content (AvgIpc) is 3.21. The van der Waals surface area contributed by atoms with E-state index in [4.69, 9.17) is 14.2 Å². The molecule has 0 aromatic heterocycles. The van der Waals surface area contributed by atoms with Gasteiger partial charge in [-0.15, -0.1) is 0 Å². The van der Waals surface area contributed by atoms with E-state index in [0.717, 1.165) is 38.5 Å². The van der Waals surface area contributed by atoms with Crippen molar-refractivity contribution >= 4 is 17.9 Å². The summed E-state index contributed by atoms with van der Waals surface area (Å²) in [5.74, 6) is -1.48. The van der Waals surface area contributed by atoms with Crippen LogP contribution in [0.4, 0.5) is 4.79 Å². The van der Waals surface area contributed by atoms with Crippen LogP contribution in [0.15, 0.2) is 0 Å². The maximum absolute atomic E-state index is 13.1. The van der Waals surface area contributed by atoms with Gasteiger partial charge >= 0.3 is 12.0 Å². The van der Waals surface area contributed by atoms with Crippen molar-refractivity contribution in [2.24, 2.45) is 5.41 Å². The van der Waals surface area contributed by atoms with Crippen molar-refractivity contribution in [1.29, 1.82) is 0 Å². The van der Waals surface area contributed by atoms with Crippen LogP contribution in [0, 0.1) is 5.41 Å². The number of carbonyl (C=O) groups is 3. The lowest BCUT2D eigenvalue weighted by molar-refractivity contribution is -0.304. The molecule has 0 aromatic carbocycles. The van der Waals surface area contributed by atoms with Crippen molar-refractivity contribution in [1.82, 2.24) is 16.0 Å². The van der Waals surface area contributed by atoms with Crippen LogP contribution in [-0.4, -0.2) is 60.6 Å². The molecule has 1 aliphatic carbocycles. The highest BCUT2D eigenvalue weighted by atomic mass is 16.7. The Morgan fingerprint density at radius 1 is 0.809 bits per heavy atom. The summed E-state index contributed by atoms with van der Waals surface area (Å²) in [6, 6.07) is -0.436. The van der Waals surface area contributed by atoms with Crippen molar-refractivity contribution in [2.45, 2.75) is 206 Å². The normalized spacial score (nSPS) is 22.6. The fraction of sp³-hybridized carbons (Fsp3) is 0.921. The molecule has 0 spiro atoms. The van der Waals surface area contributed by atoms with Gasteiger partial charge < -0.3 is 30.2 Å². The second-order valence-electron chi connectivity index (χ2n) is 16.0. The molecule has 2 aliphatic rings. The highest BCUT2D eigenvalue weighted by molar-refractivity contribution is 5.82. The summed E-state index contributed by atoms with van der Waals surface area (Å²) in [4.78, 5) is 38.8. The molecular formula is C38H71N3O6. The van der Waals surface area contributed by atoms with Crippen LogP contribution in [0.2, 0.25) is 0 Å². The van der Waals surface area contributed by atoms with E-state index >= 15 is 0 Å². The molecule has 0 bridgehead atoms. The van der Waals surface area contributed by atoms with Gasteiger partial charge in [0.05, 0.1) is 19.1 Å². The molecule has 274 valence electrons. The fourth-order valence-corrected chi connectivity index (χ4v) is 6.67. The van der Waals surface area contributed by atoms with Crippen LogP contribution < -0.4 is 16.0 Å². The predicted octanol–water partition coefficient (Wildman–Crippen LogP) is 8.47. The van der Waals surface area contributed by atoms with Crippen molar-refractivity contribution < 1.29 is 28.6 Å². The number of esters is 1. The van der Waals surface area contributed by atoms with Crippen molar-refractivity contribution in [3.63, 3.8) is 0 Å². The quantitative estimate of drug-likeness (QED) is 0.0644. The maximum Gasteiger partial charge on any atom is 0.315 e. The number of unbranched alkanes of at least 4 members (excludes halogenated alkanes) is 12. The van der Waals surface area contributed by atoms with E-state index in [1.165, 1.54) is 77.0 Å².